The highest BCUT2D eigenvalue weighted by atomic mass is 32.1. The second-order valence-corrected chi connectivity index (χ2v) is 4.74. The molecule has 98 valence electrons. The number of anilines is 2. The number of aromatic nitrogens is 2. The van der Waals surface area contributed by atoms with E-state index in [1.807, 2.05) is 42.5 Å². The van der Waals surface area contributed by atoms with Crippen LogP contribution in [0.5, 0.6) is 0 Å². The van der Waals surface area contributed by atoms with Crippen molar-refractivity contribution >= 4 is 39.5 Å². The number of fused-ring (bicyclic) bond motifs is 1. The molecule has 0 radical (unpaired) electrons. The van der Waals surface area contributed by atoms with Gasteiger partial charge in [0.15, 0.2) is 0 Å². The predicted molar refractivity (Wildman–Crippen MR) is 85.2 cm³/mol. The van der Waals surface area contributed by atoms with Crippen LogP contribution in [0.25, 0.3) is 10.9 Å². The summed E-state index contributed by atoms with van der Waals surface area (Å²) in [5, 5.41) is 4.41. The quantitative estimate of drug-likeness (QED) is 0.722. The van der Waals surface area contributed by atoms with E-state index in [0.29, 0.717) is 5.69 Å². The molecule has 2 heterocycles. The smallest absolute Gasteiger partial charge is 0.122 e. The molecule has 0 spiro atoms. The third kappa shape index (κ3) is 2.44. The highest BCUT2D eigenvalue weighted by Crippen LogP contribution is 2.24. The number of nitrogens with one attached hydrogen (secondary N) is 1. The van der Waals surface area contributed by atoms with Crippen LogP contribution in [0.2, 0.25) is 0 Å². The van der Waals surface area contributed by atoms with Gasteiger partial charge in [0.1, 0.15) is 4.99 Å². The SMILES string of the molecule is NC(=S)c1cc(Nc2cccc3cccnc23)ccn1. The van der Waals surface area contributed by atoms with Crippen LogP contribution >= 0.6 is 12.2 Å². The summed E-state index contributed by atoms with van der Waals surface area (Å²) in [5.74, 6) is 0. The Balaban J connectivity index is 2.01. The number of para-hydroxylation sites is 1. The van der Waals surface area contributed by atoms with Crippen molar-refractivity contribution in [2.75, 3.05) is 5.32 Å². The molecule has 3 N–H and O–H groups in total. The van der Waals surface area contributed by atoms with E-state index in [1.165, 1.54) is 0 Å². The van der Waals surface area contributed by atoms with Gasteiger partial charge in [-0.1, -0.05) is 30.4 Å². The van der Waals surface area contributed by atoms with E-state index in [4.69, 9.17) is 18.0 Å². The van der Waals surface area contributed by atoms with Crippen molar-refractivity contribution in [1.82, 2.24) is 9.97 Å². The molecular weight excluding hydrogens is 268 g/mol. The molecule has 0 bridgehead atoms. The first-order valence-corrected chi connectivity index (χ1v) is 6.51. The first kappa shape index (κ1) is 12.5. The van der Waals surface area contributed by atoms with Crippen molar-refractivity contribution in [2.24, 2.45) is 5.73 Å². The van der Waals surface area contributed by atoms with E-state index < -0.39 is 0 Å². The fraction of sp³-hybridized carbons (Fsp3) is 0. The minimum absolute atomic E-state index is 0.282. The third-order valence-electron chi connectivity index (χ3n) is 2.92. The lowest BCUT2D eigenvalue weighted by Gasteiger charge is -2.09. The summed E-state index contributed by atoms with van der Waals surface area (Å²) >= 11 is 4.94. The minimum Gasteiger partial charge on any atom is -0.388 e. The van der Waals surface area contributed by atoms with Gasteiger partial charge in [-0.25, -0.2) is 0 Å². The Kier molecular flexibility index (Phi) is 3.26. The normalized spacial score (nSPS) is 10.4. The van der Waals surface area contributed by atoms with E-state index in [-0.39, 0.29) is 4.99 Å². The molecule has 1 aromatic carbocycles. The molecule has 0 unspecified atom stereocenters. The molecule has 2 aromatic heterocycles. The molecule has 0 aliphatic rings. The summed E-state index contributed by atoms with van der Waals surface area (Å²) in [5.41, 5.74) is 8.92. The summed E-state index contributed by atoms with van der Waals surface area (Å²) < 4.78 is 0. The molecule has 0 saturated heterocycles. The first-order valence-electron chi connectivity index (χ1n) is 6.11. The second kappa shape index (κ2) is 5.22. The summed E-state index contributed by atoms with van der Waals surface area (Å²) in [6.45, 7) is 0. The molecule has 4 nitrogen and oxygen atoms in total. The lowest BCUT2D eigenvalue weighted by Crippen LogP contribution is -2.11. The van der Waals surface area contributed by atoms with Crippen molar-refractivity contribution in [3.8, 4) is 0 Å². The molecule has 5 heteroatoms. The van der Waals surface area contributed by atoms with E-state index in [1.54, 1.807) is 12.4 Å². The van der Waals surface area contributed by atoms with Crippen LogP contribution in [-0.2, 0) is 0 Å². The Hall–Kier alpha value is -2.53. The Morgan fingerprint density at radius 3 is 2.75 bits per heavy atom. The predicted octanol–water partition coefficient (Wildman–Crippen LogP) is 3.01. The standard InChI is InChI=1S/C15H12N4S/c16-15(20)13-9-11(6-8-17-13)19-12-5-1-3-10-4-2-7-18-14(10)12/h1-9H,(H2,16,20)(H,17,19). The number of nitrogens with two attached hydrogens (primary N) is 1. The Morgan fingerprint density at radius 1 is 1.05 bits per heavy atom. The van der Waals surface area contributed by atoms with Crippen LogP contribution in [0.4, 0.5) is 11.4 Å². The fourth-order valence-electron chi connectivity index (χ4n) is 2.00. The molecule has 0 fully saturated rings. The van der Waals surface area contributed by atoms with E-state index >= 15 is 0 Å². The maximum atomic E-state index is 5.60. The largest absolute Gasteiger partial charge is 0.388 e. The fourth-order valence-corrected chi connectivity index (χ4v) is 2.12. The molecule has 0 amide bonds. The summed E-state index contributed by atoms with van der Waals surface area (Å²) in [6, 6.07) is 13.6. The van der Waals surface area contributed by atoms with Gasteiger partial charge in [0.25, 0.3) is 0 Å². The zero-order valence-electron chi connectivity index (χ0n) is 10.6. The average Bonchev–Trinajstić information content (AvgIpc) is 2.48. The van der Waals surface area contributed by atoms with E-state index in [2.05, 4.69) is 15.3 Å². The number of benzene rings is 1. The topological polar surface area (TPSA) is 63.8 Å². The van der Waals surface area contributed by atoms with Crippen molar-refractivity contribution in [1.29, 1.82) is 0 Å². The van der Waals surface area contributed by atoms with Crippen LogP contribution in [0.15, 0.2) is 54.9 Å². The first-order chi connectivity index (χ1) is 9.74. The summed E-state index contributed by atoms with van der Waals surface area (Å²) in [7, 11) is 0. The van der Waals surface area contributed by atoms with Crippen LogP contribution in [-0.4, -0.2) is 15.0 Å². The van der Waals surface area contributed by atoms with Crippen molar-refractivity contribution in [3.05, 3.63) is 60.6 Å². The van der Waals surface area contributed by atoms with Crippen molar-refractivity contribution in [2.45, 2.75) is 0 Å². The molecule has 0 aliphatic heterocycles. The van der Waals surface area contributed by atoms with Gasteiger partial charge in [-0.2, -0.15) is 0 Å². The van der Waals surface area contributed by atoms with Gasteiger partial charge in [-0.15, -0.1) is 0 Å². The van der Waals surface area contributed by atoms with Gasteiger partial charge in [0.05, 0.1) is 16.9 Å². The van der Waals surface area contributed by atoms with Gasteiger partial charge in [-0.05, 0) is 24.3 Å². The number of rotatable bonds is 3. The molecular formula is C15H12N4S. The number of hydrogen-bond acceptors (Lipinski definition) is 4. The number of hydrogen-bond donors (Lipinski definition) is 2. The van der Waals surface area contributed by atoms with Crippen LogP contribution in [0, 0.1) is 0 Å². The lowest BCUT2D eigenvalue weighted by molar-refractivity contribution is 1.29. The molecule has 0 atom stereocenters. The highest BCUT2D eigenvalue weighted by Gasteiger charge is 2.04. The maximum absolute atomic E-state index is 5.60. The zero-order valence-corrected chi connectivity index (χ0v) is 11.4. The monoisotopic (exact) mass is 280 g/mol. The molecule has 0 aliphatic carbocycles. The molecule has 3 rings (SSSR count). The molecule has 3 aromatic rings. The van der Waals surface area contributed by atoms with E-state index in [9.17, 15) is 0 Å². The van der Waals surface area contributed by atoms with Crippen LogP contribution < -0.4 is 11.1 Å². The van der Waals surface area contributed by atoms with Gasteiger partial charge < -0.3 is 11.1 Å². The van der Waals surface area contributed by atoms with Crippen LogP contribution in [0.3, 0.4) is 0 Å². The van der Waals surface area contributed by atoms with Crippen LogP contribution in [0.1, 0.15) is 5.69 Å². The Labute approximate surface area is 121 Å². The summed E-state index contributed by atoms with van der Waals surface area (Å²) in [4.78, 5) is 8.81. The second-order valence-electron chi connectivity index (χ2n) is 4.30. The maximum Gasteiger partial charge on any atom is 0.122 e. The Bertz CT molecular complexity index is 780. The van der Waals surface area contributed by atoms with Crippen molar-refractivity contribution < 1.29 is 0 Å². The third-order valence-corrected chi connectivity index (χ3v) is 3.13. The molecule has 20 heavy (non-hydrogen) atoms. The van der Waals surface area contributed by atoms with Gasteiger partial charge in [0.2, 0.25) is 0 Å². The number of thiocarbonyl (C=S) groups is 1. The minimum atomic E-state index is 0.282. The Morgan fingerprint density at radius 2 is 1.90 bits per heavy atom. The number of nitrogens with zero attached hydrogens (tertiary/aromatic N) is 2. The summed E-state index contributed by atoms with van der Waals surface area (Å²) in [6.07, 6.45) is 3.45. The zero-order chi connectivity index (χ0) is 13.9. The van der Waals surface area contributed by atoms with E-state index in [0.717, 1.165) is 22.3 Å². The van der Waals surface area contributed by atoms with Gasteiger partial charge in [0, 0.05) is 23.5 Å². The van der Waals surface area contributed by atoms with Crippen molar-refractivity contribution in [3.63, 3.8) is 0 Å². The van der Waals surface area contributed by atoms with Gasteiger partial charge in [-0.3, -0.25) is 9.97 Å². The lowest BCUT2D eigenvalue weighted by atomic mass is 10.2. The van der Waals surface area contributed by atoms with Gasteiger partial charge >= 0.3 is 0 Å². The highest BCUT2D eigenvalue weighted by molar-refractivity contribution is 7.80. The average molecular weight is 280 g/mol. The molecule has 0 saturated carbocycles. The number of pyridine rings is 2.